The Bertz CT molecular complexity index is 737. The predicted molar refractivity (Wildman–Crippen MR) is 83.4 cm³/mol. The Morgan fingerprint density at radius 2 is 1.96 bits per heavy atom. The number of nitrogens with one attached hydrogen (secondary N) is 1. The van der Waals surface area contributed by atoms with Crippen molar-refractivity contribution in [1.29, 1.82) is 0 Å². The number of ether oxygens (including phenoxy) is 2. The van der Waals surface area contributed by atoms with Gasteiger partial charge in [-0.25, -0.2) is 8.42 Å². The summed E-state index contributed by atoms with van der Waals surface area (Å²) in [5.41, 5.74) is 0. The Morgan fingerprint density at radius 1 is 1.30 bits per heavy atom. The van der Waals surface area contributed by atoms with Crippen molar-refractivity contribution in [2.24, 2.45) is 5.92 Å². The number of fused-ring (bicyclic) bond motifs is 1. The molecule has 0 radical (unpaired) electrons. The second-order valence-corrected chi connectivity index (χ2v) is 7.70. The summed E-state index contributed by atoms with van der Waals surface area (Å²) in [6.07, 6.45) is 0.487. The lowest BCUT2D eigenvalue weighted by Gasteiger charge is -2.22. The number of nitrogens with zero attached hydrogens (tertiary/aromatic N) is 1. The minimum Gasteiger partial charge on any atom is -0.486 e. The summed E-state index contributed by atoms with van der Waals surface area (Å²) < 4.78 is 37.7. The number of hydrogen-bond acceptors (Lipinski definition) is 5. The van der Waals surface area contributed by atoms with Crippen LogP contribution in [0, 0.1) is 5.92 Å². The third-order valence-electron chi connectivity index (χ3n) is 3.98. The van der Waals surface area contributed by atoms with Gasteiger partial charge in [-0.15, -0.1) is 0 Å². The molecule has 1 unspecified atom stereocenters. The number of halogens is 1. The second kappa shape index (κ2) is 6.18. The van der Waals surface area contributed by atoms with E-state index in [-0.39, 0.29) is 34.8 Å². The van der Waals surface area contributed by atoms with Crippen LogP contribution in [0.15, 0.2) is 17.0 Å². The minimum atomic E-state index is -3.79. The number of amides is 1. The van der Waals surface area contributed by atoms with Crippen LogP contribution in [-0.4, -0.2) is 52.0 Å². The number of benzene rings is 1. The Kier molecular flexibility index (Phi) is 4.39. The molecule has 1 saturated heterocycles. The van der Waals surface area contributed by atoms with Gasteiger partial charge in [-0.05, 0) is 6.42 Å². The van der Waals surface area contributed by atoms with Gasteiger partial charge < -0.3 is 14.8 Å². The molecule has 23 heavy (non-hydrogen) atoms. The summed E-state index contributed by atoms with van der Waals surface area (Å²) >= 11 is 6.13. The van der Waals surface area contributed by atoms with Crippen LogP contribution in [0.1, 0.15) is 6.42 Å². The zero-order valence-corrected chi connectivity index (χ0v) is 14.1. The lowest BCUT2D eigenvalue weighted by atomic mass is 10.1. The molecule has 2 aliphatic rings. The lowest BCUT2D eigenvalue weighted by Crippen LogP contribution is -2.33. The quantitative estimate of drug-likeness (QED) is 0.864. The molecule has 126 valence electrons. The summed E-state index contributed by atoms with van der Waals surface area (Å²) in [6, 6.07) is 2.84. The molecular formula is C14H17ClN2O5S. The van der Waals surface area contributed by atoms with E-state index >= 15 is 0 Å². The van der Waals surface area contributed by atoms with Crippen molar-refractivity contribution in [3.8, 4) is 11.5 Å². The lowest BCUT2D eigenvalue weighted by molar-refractivity contribution is -0.123. The van der Waals surface area contributed by atoms with Crippen molar-refractivity contribution in [2.75, 3.05) is 33.4 Å². The van der Waals surface area contributed by atoms with Gasteiger partial charge in [0, 0.05) is 32.3 Å². The fourth-order valence-corrected chi connectivity index (χ4v) is 4.75. The van der Waals surface area contributed by atoms with Gasteiger partial charge in [0.15, 0.2) is 11.5 Å². The first-order valence-electron chi connectivity index (χ1n) is 7.24. The van der Waals surface area contributed by atoms with E-state index in [1.165, 1.54) is 23.5 Å². The molecule has 1 aromatic carbocycles. The van der Waals surface area contributed by atoms with Gasteiger partial charge in [-0.2, -0.15) is 4.31 Å². The van der Waals surface area contributed by atoms with Crippen LogP contribution in [0.2, 0.25) is 5.02 Å². The van der Waals surface area contributed by atoms with E-state index in [1.54, 1.807) is 0 Å². The first kappa shape index (κ1) is 16.4. The van der Waals surface area contributed by atoms with Gasteiger partial charge in [0.2, 0.25) is 15.9 Å². The van der Waals surface area contributed by atoms with Crippen LogP contribution >= 0.6 is 11.6 Å². The highest BCUT2D eigenvalue weighted by molar-refractivity contribution is 7.89. The van der Waals surface area contributed by atoms with E-state index in [2.05, 4.69) is 5.32 Å². The third-order valence-corrected chi connectivity index (χ3v) is 6.31. The number of carbonyl (C=O) groups excluding carboxylic acids is 1. The van der Waals surface area contributed by atoms with Gasteiger partial charge >= 0.3 is 0 Å². The van der Waals surface area contributed by atoms with Gasteiger partial charge in [0.1, 0.15) is 18.1 Å². The highest BCUT2D eigenvalue weighted by Gasteiger charge is 2.37. The Morgan fingerprint density at radius 3 is 2.61 bits per heavy atom. The van der Waals surface area contributed by atoms with E-state index in [0.717, 1.165) is 0 Å². The van der Waals surface area contributed by atoms with Crippen molar-refractivity contribution in [3.05, 3.63) is 17.2 Å². The van der Waals surface area contributed by atoms with Gasteiger partial charge in [-0.1, -0.05) is 11.6 Å². The molecule has 3 rings (SSSR count). The van der Waals surface area contributed by atoms with Crippen LogP contribution < -0.4 is 14.8 Å². The Hall–Kier alpha value is -1.51. The Balaban J connectivity index is 1.90. The van der Waals surface area contributed by atoms with E-state index < -0.39 is 10.0 Å². The molecule has 0 aromatic heterocycles. The van der Waals surface area contributed by atoms with Crippen molar-refractivity contribution < 1.29 is 22.7 Å². The smallest absolute Gasteiger partial charge is 0.244 e. The molecule has 1 aromatic rings. The molecular weight excluding hydrogens is 344 g/mol. The van der Waals surface area contributed by atoms with Crippen LogP contribution in [0.3, 0.4) is 0 Å². The summed E-state index contributed by atoms with van der Waals surface area (Å²) in [7, 11) is -2.25. The molecule has 1 amide bonds. The SMILES string of the molecule is CNC(=O)C1CCN(S(=O)(=O)c2cc3c(cc2Cl)OCCO3)C1. The first-order valence-corrected chi connectivity index (χ1v) is 9.06. The van der Waals surface area contributed by atoms with Crippen molar-refractivity contribution in [2.45, 2.75) is 11.3 Å². The van der Waals surface area contributed by atoms with E-state index in [4.69, 9.17) is 21.1 Å². The van der Waals surface area contributed by atoms with Crippen molar-refractivity contribution in [1.82, 2.24) is 9.62 Å². The molecule has 0 bridgehead atoms. The maximum Gasteiger partial charge on any atom is 0.244 e. The van der Waals surface area contributed by atoms with Crippen LogP contribution in [-0.2, 0) is 14.8 Å². The molecule has 0 spiro atoms. The first-order chi connectivity index (χ1) is 10.9. The van der Waals surface area contributed by atoms with Crippen LogP contribution in [0.25, 0.3) is 0 Å². The van der Waals surface area contributed by atoms with E-state index in [1.807, 2.05) is 0 Å². The molecule has 1 fully saturated rings. The number of hydrogen-bond donors (Lipinski definition) is 1. The number of sulfonamides is 1. The minimum absolute atomic E-state index is 0.0269. The zero-order valence-electron chi connectivity index (χ0n) is 12.5. The van der Waals surface area contributed by atoms with Gasteiger partial charge in [0.05, 0.1) is 10.9 Å². The average Bonchev–Trinajstić information content (AvgIpc) is 3.04. The zero-order chi connectivity index (χ0) is 16.6. The molecule has 1 N–H and O–H groups in total. The standard InChI is InChI=1S/C14H17ClN2O5S/c1-16-14(18)9-2-3-17(8-9)23(19,20)13-7-12-11(6-10(13)15)21-4-5-22-12/h6-7,9H,2-5,8H2,1H3,(H,16,18). The summed E-state index contributed by atoms with van der Waals surface area (Å²) in [5.74, 6) is 0.299. The van der Waals surface area contributed by atoms with Crippen LogP contribution in [0.5, 0.6) is 11.5 Å². The van der Waals surface area contributed by atoms with Crippen molar-refractivity contribution >= 4 is 27.5 Å². The summed E-state index contributed by atoms with van der Waals surface area (Å²) in [4.78, 5) is 11.7. The predicted octanol–water partition coefficient (Wildman–Crippen LogP) is 0.868. The maximum absolute atomic E-state index is 12.8. The molecule has 0 aliphatic carbocycles. The summed E-state index contributed by atoms with van der Waals surface area (Å²) in [5, 5.41) is 2.63. The van der Waals surface area contributed by atoms with Crippen molar-refractivity contribution in [3.63, 3.8) is 0 Å². The molecule has 2 aliphatic heterocycles. The van der Waals surface area contributed by atoms with E-state index in [0.29, 0.717) is 31.1 Å². The number of carbonyl (C=O) groups is 1. The average molecular weight is 361 g/mol. The highest BCUT2D eigenvalue weighted by atomic mass is 35.5. The monoisotopic (exact) mass is 360 g/mol. The fraction of sp³-hybridized carbons (Fsp3) is 0.500. The Labute approximate surface area is 139 Å². The number of rotatable bonds is 3. The third kappa shape index (κ3) is 2.98. The van der Waals surface area contributed by atoms with Gasteiger partial charge in [-0.3, -0.25) is 4.79 Å². The molecule has 7 nitrogen and oxygen atoms in total. The largest absolute Gasteiger partial charge is 0.486 e. The second-order valence-electron chi connectivity index (χ2n) is 5.39. The van der Waals surface area contributed by atoms with Gasteiger partial charge in [0.25, 0.3) is 0 Å². The molecule has 9 heteroatoms. The van der Waals surface area contributed by atoms with Crippen LogP contribution in [0.4, 0.5) is 0 Å². The fourth-order valence-electron chi connectivity index (χ4n) is 2.75. The molecule has 0 saturated carbocycles. The molecule has 2 heterocycles. The van der Waals surface area contributed by atoms with E-state index in [9.17, 15) is 13.2 Å². The topological polar surface area (TPSA) is 84.9 Å². The molecule has 1 atom stereocenters. The summed E-state index contributed by atoms with van der Waals surface area (Å²) in [6.45, 7) is 1.18. The maximum atomic E-state index is 12.8. The highest BCUT2D eigenvalue weighted by Crippen LogP contribution is 2.39. The normalized spacial score (nSPS) is 21.2.